The summed E-state index contributed by atoms with van der Waals surface area (Å²) in [5, 5.41) is 3.42. The molecule has 0 bridgehead atoms. The molecule has 0 aromatic heterocycles. The van der Waals surface area contributed by atoms with E-state index in [1.807, 2.05) is 23.5 Å². The van der Waals surface area contributed by atoms with Gasteiger partial charge in [0.2, 0.25) is 0 Å². The summed E-state index contributed by atoms with van der Waals surface area (Å²) in [6.45, 7) is 2.12. The molecule has 0 nitrogen and oxygen atoms in total. The number of benzene rings is 1. The maximum Gasteiger partial charge on any atom is 0.0481 e. The summed E-state index contributed by atoms with van der Waals surface area (Å²) in [5.74, 6) is 0. The highest BCUT2D eigenvalue weighted by Gasteiger charge is 2.06. The molecule has 0 aliphatic carbocycles. The standard InChI is InChI=1S/C10H10S2/c1-8-2-4-9(5-3-8)10-6-11-7-12-10/h2-6H,7H2,1H3. The molecular formula is C10H10S2. The van der Waals surface area contributed by atoms with E-state index in [-0.39, 0.29) is 0 Å². The molecular weight excluding hydrogens is 184 g/mol. The minimum absolute atomic E-state index is 1.17. The highest BCUT2D eigenvalue weighted by atomic mass is 32.2. The van der Waals surface area contributed by atoms with E-state index in [0.29, 0.717) is 0 Å². The highest BCUT2D eigenvalue weighted by molar-refractivity contribution is 8.25. The molecule has 0 N–H and O–H groups in total. The molecule has 1 aromatic carbocycles. The van der Waals surface area contributed by atoms with Crippen molar-refractivity contribution in [2.75, 3.05) is 5.08 Å². The van der Waals surface area contributed by atoms with E-state index in [9.17, 15) is 0 Å². The predicted octanol–water partition coefficient (Wildman–Crippen LogP) is 3.73. The quantitative estimate of drug-likeness (QED) is 0.668. The molecule has 0 spiro atoms. The van der Waals surface area contributed by atoms with E-state index < -0.39 is 0 Å². The van der Waals surface area contributed by atoms with Crippen molar-refractivity contribution in [3.05, 3.63) is 40.8 Å². The molecule has 0 fully saturated rings. The summed E-state index contributed by atoms with van der Waals surface area (Å²) < 4.78 is 0. The normalized spacial score (nSPS) is 16.2. The van der Waals surface area contributed by atoms with Crippen LogP contribution in [0.1, 0.15) is 11.1 Å². The summed E-state index contributed by atoms with van der Waals surface area (Å²) in [4.78, 5) is 1.42. The van der Waals surface area contributed by atoms with E-state index in [4.69, 9.17) is 0 Å². The van der Waals surface area contributed by atoms with E-state index in [1.54, 1.807) is 0 Å². The Bertz CT molecular complexity index is 298. The summed E-state index contributed by atoms with van der Waals surface area (Å²) >= 11 is 3.81. The number of thioether (sulfide) groups is 2. The van der Waals surface area contributed by atoms with Gasteiger partial charge >= 0.3 is 0 Å². The Morgan fingerprint density at radius 2 is 1.92 bits per heavy atom. The Balaban J connectivity index is 2.28. The Hall–Kier alpha value is -0.340. The van der Waals surface area contributed by atoms with Gasteiger partial charge in [-0.05, 0) is 17.9 Å². The fraction of sp³-hybridized carbons (Fsp3) is 0.200. The lowest BCUT2D eigenvalue weighted by atomic mass is 10.1. The van der Waals surface area contributed by atoms with E-state index >= 15 is 0 Å². The zero-order valence-corrected chi connectivity index (χ0v) is 8.54. The molecule has 62 valence electrons. The summed E-state index contributed by atoms with van der Waals surface area (Å²) in [7, 11) is 0. The van der Waals surface area contributed by atoms with Gasteiger partial charge < -0.3 is 0 Å². The molecule has 12 heavy (non-hydrogen) atoms. The fourth-order valence-electron chi connectivity index (χ4n) is 1.11. The van der Waals surface area contributed by atoms with Gasteiger partial charge in [-0.1, -0.05) is 29.8 Å². The van der Waals surface area contributed by atoms with Crippen LogP contribution in [0, 0.1) is 6.92 Å². The minimum Gasteiger partial charge on any atom is -0.122 e. The van der Waals surface area contributed by atoms with E-state index in [1.165, 1.54) is 21.1 Å². The molecule has 2 heteroatoms. The van der Waals surface area contributed by atoms with Gasteiger partial charge in [0, 0.05) is 9.99 Å². The van der Waals surface area contributed by atoms with Gasteiger partial charge in [0.1, 0.15) is 0 Å². The molecule has 0 atom stereocenters. The van der Waals surface area contributed by atoms with Gasteiger partial charge in [-0.3, -0.25) is 0 Å². The average molecular weight is 194 g/mol. The summed E-state index contributed by atoms with van der Waals surface area (Å²) in [5.41, 5.74) is 2.69. The number of rotatable bonds is 1. The molecule has 0 amide bonds. The van der Waals surface area contributed by atoms with Gasteiger partial charge in [0.25, 0.3) is 0 Å². The largest absolute Gasteiger partial charge is 0.122 e. The topological polar surface area (TPSA) is 0 Å². The van der Waals surface area contributed by atoms with Crippen LogP contribution in [0.3, 0.4) is 0 Å². The smallest absolute Gasteiger partial charge is 0.0481 e. The van der Waals surface area contributed by atoms with Gasteiger partial charge in [0.15, 0.2) is 0 Å². The van der Waals surface area contributed by atoms with Crippen LogP contribution >= 0.6 is 23.5 Å². The highest BCUT2D eigenvalue weighted by Crippen LogP contribution is 2.38. The molecule has 0 saturated carbocycles. The second kappa shape index (κ2) is 3.58. The molecule has 1 aliphatic rings. The van der Waals surface area contributed by atoms with Crippen molar-refractivity contribution in [2.24, 2.45) is 0 Å². The lowest BCUT2D eigenvalue weighted by Gasteiger charge is -2.00. The molecule has 0 saturated heterocycles. The van der Waals surface area contributed by atoms with E-state index in [2.05, 4.69) is 36.6 Å². The monoisotopic (exact) mass is 194 g/mol. The van der Waals surface area contributed by atoms with Crippen LogP contribution in [-0.2, 0) is 0 Å². The number of hydrogen-bond donors (Lipinski definition) is 0. The van der Waals surface area contributed by atoms with Crippen LogP contribution in [0.15, 0.2) is 29.7 Å². The number of aryl methyl sites for hydroxylation is 1. The first-order chi connectivity index (χ1) is 5.86. The lowest BCUT2D eigenvalue weighted by Crippen LogP contribution is -1.77. The van der Waals surface area contributed by atoms with Crippen LogP contribution in [0.2, 0.25) is 0 Å². The van der Waals surface area contributed by atoms with Gasteiger partial charge in [-0.2, -0.15) is 0 Å². The van der Waals surface area contributed by atoms with Crippen LogP contribution in [0.25, 0.3) is 4.91 Å². The van der Waals surface area contributed by atoms with Crippen LogP contribution in [0.4, 0.5) is 0 Å². The third-order valence-electron chi connectivity index (χ3n) is 1.81. The van der Waals surface area contributed by atoms with Crippen molar-refractivity contribution in [3.8, 4) is 0 Å². The first-order valence-corrected chi connectivity index (χ1v) is 5.91. The van der Waals surface area contributed by atoms with Crippen LogP contribution in [-0.4, -0.2) is 5.08 Å². The van der Waals surface area contributed by atoms with Crippen molar-refractivity contribution in [1.29, 1.82) is 0 Å². The molecule has 1 heterocycles. The van der Waals surface area contributed by atoms with Crippen molar-refractivity contribution >= 4 is 28.4 Å². The Morgan fingerprint density at radius 1 is 1.17 bits per heavy atom. The summed E-state index contributed by atoms with van der Waals surface area (Å²) in [6.07, 6.45) is 0. The first kappa shape index (κ1) is 8.27. The molecule has 1 aliphatic heterocycles. The first-order valence-electron chi connectivity index (χ1n) is 3.88. The predicted molar refractivity (Wildman–Crippen MR) is 59.2 cm³/mol. The maximum absolute atomic E-state index is 2.25. The minimum atomic E-state index is 1.17. The zero-order chi connectivity index (χ0) is 8.39. The Morgan fingerprint density at radius 3 is 2.50 bits per heavy atom. The van der Waals surface area contributed by atoms with Crippen molar-refractivity contribution in [3.63, 3.8) is 0 Å². The Kier molecular flexibility index (Phi) is 2.47. The summed E-state index contributed by atoms with van der Waals surface area (Å²) in [6, 6.07) is 8.72. The molecule has 1 aromatic rings. The third-order valence-corrected chi connectivity index (χ3v) is 4.04. The van der Waals surface area contributed by atoms with Gasteiger partial charge in [-0.15, -0.1) is 23.5 Å². The zero-order valence-electron chi connectivity index (χ0n) is 6.91. The van der Waals surface area contributed by atoms with E-state index in [0.717, 1.165) is 0 Å². The van der Waals surface area contributed by atoms with Gasteiger partial charge in [-0.25, -0.2) is 0 Å². The number of hydrogen-bond acceptors (Lipinski definition) is 2. The van der Waals surface area contributed by atoms with Crippen LogP contribution < -0.4 is 0 Å². The van der Waals surface area contributed by atoms with Crippen molar-refractivity contribution in [2.45, 2.75) is 6.92 Å². The molecule has 0 radical (unpaired) electrons. The van der Waals surface area contributed by atoms with Crippen molar-refractivity contribution < 1.29 is 0 Å². The Labute approximate surface area is 81.4 Å². The molecule has 2 rings (SSSR count). The average Bonchev–Trinajstić information content (AvgIpc) is 2.58. The van der Waals surface area contributed by atoms with Gasteiger partial charge in [0.05, 0.1) is 0 Å². The van der Waals surface area contributed by atoms with Crippen LogP contribution in [0.5, 0.6) is 0 Å². The molecule has 0 unspecified atom stereocenters. The SMILES string of the molecule is Cc1ccc(C2=CSCS2)cc1. The third kappa shape index (κ3) is 1.70. The lowest BCUT2D eigenvalue weighted by molar-refractivity contribution is 1.46. The second-order valence-electron chi connectivity index (χ2n) is 2.78. The van der Waals surface area contributed by atoms with Crippen molar-refractivity contribution in [1.82, 2.24) is 0 Å². The second-order valence-corrected chi connectivity index (χ2v) is 5.02. The fourth-order valence-corrected chi connectivity index (χ4v) is 3.23. The maximum atomic E-state index is 2.25.